The molecule has 0 saturated heterocycles. The summed E-state index contributed by atoms with van der Waals surface area (Å²) in [6.45, 7) is 7.77. The average Bonchev–Trinajstić information content (AvgIpc) is 3.32. The number of nitrogens with zero attached hydrogens (tertiary/aromatic N) is 2. The van der Waals surface area contributed by atoms with Crippen LogP contribution in [-0.4, -0.2) is 189 Å². The summed E-state index contributed by atoms with van der Waals surface area (Å²) < 4.78 is 0. The van der Waals surface area contributed by atoms with E-state index in [0.29, 0.717) is 24.0 Å². The van der Waals surface area contributed by atoms with Crippen molar-refractivity contribution in [2.24, 2.45) is 0 Å². The molecule has 0 fully saturated rings. The summed E-state index contributed by atoms with van der Waals surface area (Å²) in [6.07, 6.45) is -6.25. The Balaban J connectivity index is 2.49. The number of aliphatic hydroxyl groups excluding tert-OH is 10. The zero-order chi connectivity index (χ0) is 53.2. The Bertz CT molecular complexity index is 1990. The van der Waals surface area contributed by atoms with Gasteiger partial charge in [0, 0.05) is 62.3 Å². The van der Waals surface area contributed by atoms with Crippen molar-refractivity contribution < 1.29 is 79.8 Å². The van der Waals surface area contributed by atoms with Crippen molar-refractivity contribution in [2.45, 2.75) is 131 Å². The number of rotatable bonds is 29. The van der Waals surface area contributed by atoms with Crippen molar-refractivity contribution in [3.8, 4) is 0 Å². The van der Waals surface area contributed by atoms with Crippen LogP contribution in [0.4, 0.5) is 11.4 Å². The molecule has 22 nitrogen and oxygen atoms in total. The van der Waals surface area contributed by atoms with Crippen molar-refractivity contribution in [3.63, 3.8) is 0 Å². The summed E-state index contributed by atoms with van der Waals surface area (Å²) in [5.74, 6) is -3.91. The minimum atomic E-state index is -1.28. The van der Waals surface area contributed by atoms with Crippen LogP contribution in [0.25, 0.3) is 0 Å². The maximum atomic E-state index is 13.7. The number of amides is 6. The molecular formula is C48H76N6O16. The van der Waals surface area contributed by atoms with Gasteiger partial charge in [0.05, 0.1) is 87.5 Å². The summed E-state index contributed by atoms with van der Waals surface area (Å²) in [5.41, 5.74) is 2.15. The molecule has 22 heteroatoms. The Morgan fingerprint density at radius 1 is 0.429 bits per heavy atom. The first-order chi connectivity index (χ1) is 33.0. The second-order valence-corrected chi connectivity index (χ2v) is 17.4. The highest BCUT2D eigenvalue weighted by atomic mass is 16.3. The molecule has 0 aliphatic heterocycles. The van der Waals surface area contributed by atoms with Crippen molar-refractivity contribution in [1.29, 1.82) is 0 Å². The van der Waals surface area contributed by atoms with Gasteiger partial charge in [0.15, 0.2) is 0 Å². The van der Waals surface area contributed by atoms with Crippen LogP contribution >= 0.6 is 0 Å². The SMILES string of the molecule is CCc1c(C(=O)NCC(O)CO)c(C)c(C(=O)NCC(O)CO)c(C)c1N(CC(O)CCCCC(O)CN(C(C)=O)c1c(C)c(C(=O)NCC(O)CO)c(C)c(C(=O)NCC(O)CO)c1CC)C(C)=O. The molecular weight excluding hydrogens is 917 g/mol. The molecule has 6 amide bonds. The normalized spacial score (nSPS) is 13.9. The fraction of sp³-hybridized carbons (Fsp3) is 0.625. The molecule has 0 saturated carbocycles. The lowest BCUT2D eigenvalue weighted by Gasteiger charge is -2.32. The molecule has 6 unspecified atom stereocenters. The Labute approximate surface area is 408 Å². The molecule has 6 atom stereocenters. The summed E-state index contributed by atoms with van der Waals surface area (Å²) >= 11 is 0. The Morgan fingerprint density at radius 2 is 0.686 bits per heavy atom. The molecule has 2 rings (SSSR count). The van der Waals surface area contributed by atoms with Crippen LogP contribution in [0.3, 0.4) is 0 Å². The van der Waals surface area contributed by atoms with E-state index < -0.39 is 98.5 Å². The molecule has 394 valence electrons. The van der Waals surface area contributed by atoms with Gasteiger partial charge >= 0.3 is 0 Å². The third kappa shape index (κ3) is 16.2. The molecule has 0 aliphatic rings. The van der Waals surface area contributed by atoms with Crippen LogP contribution in [0.5, 0.6) is 0 Å². The highest BCUT2D eigenvalue weighted by molar-refractivity contribution is 6.09. The van der Waals surface area contributed by atoms with Gasteiger partial charge < -0.3 is 82.1 Å². The van der Waals surface area contributed by atoms with Gasteiger partial charge in [-0.2, -0.15) is 0 Å². The zero-order valence-electron chi connectivity index (χ0n) is 41.6. The molecule has 2 aromatic carbocycles. The molecule has 0 radical (unpaired) electrons. The number of aliphatic hydroxyl groups is 10. The fourth-order valence-electron chi connectivity index (χ4n) is 8.48. The predicted molar refractivity (Wildman–Crippen MR) is 259 cm³/mol. The quantitative estimate of drug-likeness (QED) is 0.0395. The number of carbonyl (C=O) groups excluding carboxylic acids is 6. The standard InChI is InChI=1S/C48H76N6O16/c1-9-37-41(47(69)51-17-35(65)23-57)25(3)39(45(67)49-15-33(63)21-55)27(5)43(37)53(29(7)59)19-31(61)13-11-12-14-32(62)20-54(30(8)60)44-28(6)40(46(68)50-16-34(64)22-56)26(4)42(38(44)10-2)48(70)52-18-36(66)24-58/h31-36,55-58,61-66H,9-24H2,1-8H3,(H,49,67)(H,50,68)(H,51,69)(H,52,70). The second-order valence-electron chi connectivity index (χ2n) is 17.4. The van der Waals surface area contributed by atoms with E-state index in [1.54, 1.807) is 27.7 Å². The van der Waals surface area contributed by atoms with E-state index in [2.05, 4.69) is 21.3 Å². The van der Waals surface area contributed by atoms with Gasteiger partial charge in [-0.1, -0.05) is 26.7 Å². The van der Waals surface area contributed by atoms with Crippen LogP contribution in [0, 0.1) is 27.7 Å². The van der Waals surface area contributed by atoms with Crippen LogP contribution in [0.1, 0.15) is 128 Å². The lowest BCUT2D eigenvalue weighted by atomic mass is 9.87. The van der Waals surface area contributed by atoms with Gasteiger partial charge in [-0.05, 0) is 86.8 Å². The molecule has 14 N–H and O–H groups in total. The monoisotopic (exact) mass is 993 g/mol. The number of nitrogens with one attached hydrogen (secondary N) is 4. The van der Waals surface area contributed by atoms with Crippen LogP contribution in [-0.2, 0) is 22.4 Å². The van der Waals surface area contributed by atoms with Crippen molar-refractivity contribution in [2.75, 3.05) is 75.5 Å². The minimum Gasteiger partial charge on any atom is -0.394 e. The lowest BCUT2D eigenvalue weighted by molar-refractivity contribution is -0.117. The highest BCUT2D eigenvalue weighted by Gasteiger charge is 2.33. The van der Waals surface area contributed by atoms with E-state index in [1.165, 1.54) is 37.5 Å². The first-order valence-corrected chi connectivity index (χ1v) is 23.5. The molecule has 0 spiro atoms. The molecule has 2 aromatic rings. The lowest BCUT2D eigenvalue weighted by Crippen LogP contribution is -2.40. The number of unbranched alkanes of at least 4 members (excludes halogenated alkanes) is 1. The molecule has 0 aliphatic carbocycles. The predicted octanol–water partition coefficient (Wildman–Crippen LogP) is -1.93. The first kappa shape index (κ1) is 61.0. The van der Waals surface area contributed by atoms with Crippen molar-refractivity contribution in [3.05, 3.63) is 55.6 Å². The van der Waals surface area contributed by atoms with Crippen molar-refractivity contribution in [1.82, 2.24) is 21.3 Å². The van der Waals surface area contributed by atoms with E-state index in [1.807, 2.05) is 0 Å². The summed E-state index contributed by atoms with van der Waals surface area (Å²) in [6, 6.07) is 0. The van der Waals surface area contributed by atoms with Gasteiger partial charge in [0.1, 0.15) is 0 Å². The summed E-state index contributed by atoms with van der Waals surface area (Å²) in [4.78, 5) is 84.2. The topological polar surface area (TPSA) is 359 Å². The van der Waals surface area contributed by atoms with Gasteiger partial charge in [-0.25, -0.2) is 0 Å². The zero-order valence-corrected chi connectivity index (χ0v) is 41.6. The maximum absolute atomic E-state index is 13.7. The fourth-order valence-corrected chi connectivity index (χ4v) is 8.48. The average molecular weight is 993 g/mol. The van der Waals surface area contributed by atoms with E-state index in [9.17, 15) is 79.8 Å². The second kappa shape index (κ2) is 29.3. The largest absolute Gasteiger partial charge is 0.394 e. The first-order valence-electron chi connectivity index (χ1n) is 23.5. The van der Waals surface area contributed by atoms with E-state index in [-0.39, 0.29) is 121 Å². The van der Waals surface area contributed by atoms with Crippen molar-refractivity contribution >= 4 is 46.8 Å². The van der Waals surface area contributed by atoms with E-state index >= 15 is 0 Å². The van der Waals surface area contributed by atoms with E-state index in [4.69, 9.17) is 0 Å². The molecule has 70 heavy (non-hydrogen) atoms. The van der Waals surface area contributed by atoms with E-state index in [0.717, 1.165) is 0 Å². The van der Waals surface area contributed by atoms with Gasteiger partial charge in [-0.15, -0.1) is 0 Å². The number of hydrogen-bond donors (Lipinski definition) is 14. The van der Waals surface area contributed by atoms with Crippen LogP contribution in [0.2, 0.25) is 0 Å². The molecule has 0 heterocycles. The van der Waals surface area contributed by atoms with Gasteiger partial charge in [0.25, 0.3) is 23.6 Å². The van der Waals surface area contributed by atoms with Gasteiger partial charge in [-0.3, -0.25) is 28.8 Å². The smallest absolute Gasteiger partial charge is 0.252 e. The third-order valence-electron chi connectivity index (χ3n) is 12.0. The van der Waals surface area contributed by atoms with Gasteiger partial charge in [0.2, 0.25) is 11.8 Å². The maximum Gasteiger partial charge on any atom is 0.252 e. The Hall–Kier alpha value is -5.14. The third-order valence-corrected chi connectivity index (χ3v) is 12.0. The number of hydrogen-bond acceptors (Lipinski definition) is 16. The minimum absolute atomic E-state index is 0.00108. The Morgan fingerprint density at radius 3 is 0.914 bits per heavy atom. The summed E-state index contributed by atoms with van der Waals surface area (Å²) in [5, 5.41) is 110. The Kier molecular flexibility index (Phi) is 25.5. The number of carbonyl (C=O) groups is 6. The van der Waals surface area contributed by atoms with Crippen LogP contribution < -0.4 is 31.1 Å². The highest BCUT2D eigenvalue weighted by Crippen LogP contribution is 2.37. The summed E-state index contributed by atoms with van der Waals surface area (Å²) in [7, 11) is 0. The number of anilines is 2. The molecule has 0 aromatic heterocycles. The number of benzene rings is 2. The molecule has 0 bridgehead atoms. The van der Waals surface area contributed by atoms with Crippen LogP contribution in [0.15, 0.2) is 0 Å².